The van der Waals surface area contributed by atoms with Gasteiger partial charge in [-0.25, -0.2) is 26.3 Å². The lowest BCUT2D eigenvalue weighted by atomic mass is 9.93. The number of carbonyl (C=O) groups is 2. The number of hydrogen-bond donors (Lipinski definition) is 3. The van der Waals surface area contributed by atoms with Crippen LogP contribution in [-0.4, -0.2) is 79.3 Å². The van der Waals surface area contributed by atoms with Crippen LogP contribution >= 0.6 is 23.2 Å². The number of hydrogen-bond acceptors (Lipinski definition) is 7. The van der Waals surface area contributed by atoms with Gasteiger partial charge in [-0.3, -0.25) is 19.4 Å². The number of benzene rings is 6. The molecule has 1 amide bonds. The second-order valence-corrected chi connectivity index (χ2v) is 17.9. The Morgan fingerprint density at radius 2 is 1.00 bits per heavy atom. The Bertz CT molecular complexity index is 2650. The van der Waals surface area contributed by atoms with E-state index >= 15 is 0 Å². The average molecular weight is 1040 g/mol. The van der Waals surface area contributed by atoms with Crippen molar-refractivity contribution < 1.29 is 50.5 Å². The van der Waals surface area contributed by atoms with Crippen molar-refractivity contribution in [2.45, 2.75) is 45.2 Å². The number of amides is 1. The van der Waals surface area contributed by atoms with E-state index in [0.29, 0.717) is 86.1 Å². The summed E-state index contributed by atoms with van der Waals surface area (Å²) in [5, 5.41) is 13.1. The zero-order valence-electron chi connectivity index (χ0n) is 38.6. The van der Waals surface area contributed by atoms with Crippen molar-refractivity contribution in [3.05, 3.63) is 201 Å². The molecular weight excluding hydrogens is 982 g/mol. The number of rotatable bonds is 15. The fourth-order valence-corrected chi connectivity index (χ4v) is 8.36. The monoisotopic (exact) mass is 1040 g/mol. The quantitative estimate of drug-likeness (QED) is 0.0871. The Morgan fingerprint density at radius 3 is 1.44 bits per heavy atom. The fraction of sp³-hybridized carbons (Fsp3) is 0.309. The smallest absolute Gasteiger partial charge is 0.306 e. The summed E-state index contributed by atoms with van der Waals surface area (Å²) in [4.78, 5) is 28.1. The van der Waals surface area contributed by atoms with Crippen LogP contribution in [0.3, 0.4) is 0 Å². The summed E-state index contributed by atoms with van der Waals surface area (Å²) in [7, 11) is 0. The molecule has 2 fully saturated rings. The topological polar surface area (TPSA) is 117 Å². The standard InChI is InChI=1S/C27H26ClF3N2O2.C14H17F2NO3.C13H11ClFN.CH4/c28-20-7-5-18(6-8-20)26(22-3-1-2-4-23(22)30)32-27(34)19-11-13-33(14-12-19)15-16-35-25-17-21(29)9-10-24(25)31;15-11-1-2-12(16)13(9-11)20-8-7-17-5-3-10(4-6-17)14(18)19;14-10-7-5-9(6-8-10)13(16)11-3-1-2-4-12(11)15;/h1-10,17,19,26H,11-16H2,(H,32,34);1-2,9-10H,3-8H2,(H,18,19);1-8,13H,16H2;1H4. The summed E-state index contributed by atoms with van der Waals surface area (Å²) in [5.41, 5.74) is 8.45. The Balaban J connectivity index is 0.000000220. The maximum atomic E-state index is 14.6. The average Bonchev–Trinajstić information content (AvgIpc) is 3.37. The third-order valence-corrected chi connectivity index (χ3v) is 12.7. The van der Waals surface area contributed by atoms with Crippen LogP contribution < -0.4 is 20.5 Å². The molecule has 2 aliphatic heterocycles. The molecule has 2 unspecified atom stereocenters. The molecule has 17 heteroatoms. The highest BCUT2D eigenvalue weighted by atomic mass is 35.5. The van der Waals surface area contributed by atoms with Gasteiger partial charge >= 0.3 is 5.97 Å². The lowest BCUT2D eigenvalue weighted by Crippen LogP contribution is -2.43. The van der Waals surface area contributed by atoms with Gasteiger partial charge in [-0.15, -0.1) is 0 Å². The van der Waals surface area contributed by atoms with Crippen LogP contribution in [0.5, 0.6) is 11.5 Å². The first-order valence-electron chi connectivity index (χ1n) is 23.0. The van der Waals surface area contributed by atoms with E-state index in [4.69, 9.17) is 43.5 Å². The third-order valence-electron chi connectivity index (χ3n) is 12.2. The zero-order chi connectivity index (χ0) is 50.9. The van der Waals surface area contributed by atoms with Crippen LogP contribution in [-0.2, 0) is 9.59 Å². The molecule has 2 saturated heterocycles. The molecule has 0 radical (unpaired) electrons. The van der Waals surface area contributed by atoms with Gasteiger partial charge in [0.05, 0.1) is 18.0 Å². The van der Waals surface area contributed by atoms with E-state index in [0.717, 1.165) is 47.5 Å². The van der Waals surface area contributed by atoms with Crippen LogP contribution in [0.2, 0.25) is 10.0 Å². The molecule has 0 saturated carbocycles. The number of nitrogens with one attached hydrogen (secondary N) is 1. The summed E-state index contributed by atoms with van der Waals surface area (Å²) in [6, 6.07) is 32.1. The number of aliphatic carboxylic acids is 1. The number of carboxylic acid groups (broad SMARTS) is 1. The minimum Gasteiger partial charge on any atom is -0.489 e. The molecule has 0 aliphatic carbocycles. The number of nitrogens with two attached hydrogens (primary N) is 1. The largest absolute Gasteiger partial charge is 0.489 e. The number of piperidine rings is 2. The van der Waals surface area contributed by atoms with Crippen molar-refractivity contribution >= 4 is 35.1 Å². The summed E-state index contributed by atoms with van der Waals surface area (Å²) < 4.78 is 91.9. The van der Waals surface area contributed by atoms with E-state index in [1.807, 2.05) is 0 Å². The first-order valence-corrected chi connectivity index (χ1v) is 23.8. The van der Waals surface area contributed by atoms with Crippen molar-refractivity contribution in [2.24, 2.45) is 17.6 Å². The molecule has 2 aliphatic rings. The van der Waals surface area contributed by atoms with E-state index in [9.17, 15) is 35.9 Å². The van der Waals surface area contributed by atoms with Gasteiger partial charge in [-0.05, 0) is 124 Å². The predicted octanol–water partition coefficient (Wildman–Crippen LogP) is 12.1. The van der Waals surface area contributed by atoms with E-state index in [1.165, 1.54) is 12.1 Å². The van der Waals surface area contributed by atoms with Crippen molar-refractivity contribution in [2.75, 3.05) is 52.5 Å². The first kappa shape index (κ1) is 56.8. The molecule has 2 atom stereocenters. The fourth-order valence-electron chi connectivity index (χ4n) is 8.11. The van der Waals surface area contributed by atoms with E-state index in [-0.39, 0.29) is 55.7 Å². The third kappa shape index (κ3) is 17.0. The predicted molar refractivity (Wildman–Crippen MR) is 268 cm³/mol. The van der Waals surface area contributed by atoms with Gasteiger partial charge in [-0.1, -0.05) is 91.3 Å². The molecule has 2 heterocycles. The molecule has 384 valence electrons. The van der Waals surface area contributed by atoms with E-state index in [2.05, 4.69) is 15.1 Å². The molecule has 6 aromatic carbocycles. The number of nitrogens with zero attached hydrogens (tertiary/aromatic N) is 2. The van der Waals surface area contributed by atoms with Gasteiger partial charge in [0, 0.05) is 52.3 Å². The Hall–Kier alpha value is -6.10. The highest BCUT2D eigenvalue weighted by molar-refractivity contribution is 6.30. The van der Waals surface area contributed by atoms with Gasteiger partial charge in [0.1, 0.15) is 36.5 Å². The van der Waals surface area contributed by atoms with Gasteiger partial charge in [0.15, 0.2) is 23.1 Å². The second kappa shape index (κ2) is 28.2. The Kier molecular flexibility index (Phi) is 22.3. The first-order chi connectivity index (χ1) is 34.1. The van der Waals surface area contributed by atoms with Gasteiger partial charge in [-0.2, -0.15) is 0 Å². The lowest BCUT2D eigenvalue weighted by Gasteiger charge is -2.32. The Morgan fingerprint density at radius 1 is 0.583 bits per heavy atom. The molecule has 72 heavy (non-hydrogen) atoms. The normalized spacial score (nSPS) is 15.1. The molecular formula is C55H58Cl2F6N4O5. The molecule has 4 N–H and O–H groups in total. The minimum atomic E-state index is -0.747. The SMILES string of the molecule is C.NC(c1ccc(Cl)cc1)c1ccccc1F.O=C(NC(c1ccc(Cl)cc1)c1ccccc1F)C1CCN(CCOc2cc(F)ccc2F)CC1.O=C(O)C1CCN(CCOc2cc(F)ccc2F)CC1. The Labute approximate surface area is 426 Å². The van der Waals surface area contributed by atoms with Crippen LogP contribution in [0.15, 0.2) is 133 Å². The molecule has 8 rings (SSSR count). The number of halogens is 8. The summed E-state index contributed by atoms with van der Waals surface area (Å²) >= 11 is 11.8. The number of carbonyl (C=O) groups excluding carboxylic acids is 1. The van der Waals surface area contributed by atoms with Gasteiger partial charge in [0.2, 0.25) is 5.91 Å². The molecule has 0 bridgehead atoms. The molecule has 0 aromatic heterocycles. The maximum absolute atomic E-state index is 14.6. The van der Waals surface area contributed by atoms with Crippen LogP contribution in [0.25, 0.3) is 0 Å². The van der Waals surface area contributed by atoms with Crippen LogP contribution in [0.1, 0.15) is 67.4 Å². The number of carboxylic acids is 1. The maximum Gasteiger partial charge on any atom is 0.306 e. The van der Waals surface area contributed by atoms with Crippen LogP contribution in [0, 0.1) is 46.7 Å². The highest BCUT2D eigenvalue weighted by Gasteiger charge is 2.29. The van der Waals surface area contributed by atoms with E-state index in [1.54, 1.807) is 84.9 Å². The van der Waals surface area contributed by atoms with Crippen molar-refractivity contribution in [1.29, 1.82) is 0 Å². The number of ether oxygens (including phenoxy) is 2. The summed E-state index contributed by atoms with van der Waals surface area (Å²) in [6.07, 6.45) is 2.49. The van der Waals surface area contributed by atoms with E-state index < -0.39 is 47.1 Å². The molecule has 6 aromatic rings. The summed E-state index contributed by atoms with van der Waals surface area (Å²) in [5.74, 6) is -4.53. The van der Waals surface area contributed by atoms with Crippen LogP contribution in [0.4, 0.5) is 26.3 Å². The zero-order valence-corrected chi connectivity index (χ0v) is 40.1. The lowest BCUT2D eigenvalue weighted by molar-refractivity contribution is -0.143. The van der Waals surface area contributed by atoms with Gasteiger partial charge < -0.3 is 25.6 Å². The minimum absolute atomic E-state index is 0. The molecule has 0 spiro atoms. The number of likely N-dealkylation sites (tertiary alicyclic amines) is 2. The highest BCUT2D eigenvalue weighted by Crippen LogP contribution is 2.29. The van der Waals surface area contributed by atoms with Crippen molar-refractivity contribution in [3.8, 4) is 11.5 Å². The van der Waals surface area contributed by atoms with Crippen molar-refractivity contribution in [1.82, 2.24) is 15.1 Å². The molecule has 9 nitrogen and oxygen atoms in total. The second-order valence-electron chi connectivity index (χ2n) is 17.0. The van der Waals surface area contributed by atoms with Crippen molar-refractivity contribution in [3.63, 3.8) is 0 Å². The van der Waals surface area contributed by atoms with Gasteiger partial charge in [0.25, 0.3) is 0 Å². The summed E-state index contributed by atoms with van der Waals surface area (Å²) in [6.45, 7) is 4.27.